The average molecular weight is 341 g/mol. The second-order valence-electron chi connectivity index (χ2n) is 9.69. The van der Waals surface area contributed by atoms with E-state index in [1.807, 2.05) is 0 Å². The molecule has 3 aliphatic carbocycles. The Kier molecular flexibility index (Phi) is 3.74. The van der Waals surface area contributed by atoms with Crippen molar-refractivity contribution < 1.29 is 5.11 Å². The third kappa shape index (κ3) is 2.43. The Morgan fingerprint density at radius 1 is 1.24 bits per heavy atom. The van der Waals surface area contributed by atoms with Gasteiger partial charge in [0.05, 0.1) is 0 Å². The molecule has 4 atom stereocenters. The second-order valence-corrected chi connectivity index (χ2v) is 9.69. The third-order valence-electron chi connectivity index (χ3n) is 7.39. The van der Waals surface area contributed by atoms with Crippen molar-refractivity contribution in [1.29, 1.82) is 0 Å². The zero-order valence-electron chi connectivity index (χ0n) is 16.0. The summed E-state index contributed by atoms with van der Waals surface area (Å²) < 4.78 is 0. The Bertz CT molecular complexity index is 730. The zero-order chi connectivity index (χ0) is 18.0. The Morgan fingerprint density at radius 2 is 2.00 bits per heavy atom. The van der Waals surface area contributed by atoms with Crippen molar-refractivity contribution >= 4 is 0 Å². The summed E-state index contributed by atoms with van der Waals surface area (Å²) in [4.78, 5) is 0. The smallest absolute Gasteiger partial charge is 0.119 e. The molecule has 0 spiro atoms. The van der Waals surface area contributed by atoms with Gasteiger partial charge in [-0.2, -0.15) is 0 Å². The number of fused-ring (bicyclic) bond motifs is 5. The highest BCUT2D eigenvalue weighted by Crippen LogP contribution is 2.60. The van der Waals surface area contributed by atoms with Crippen LogP contribution in [0.3, 0.4) is 0 Å². The van der Waals surface area contributed by atoms with Gasteiger partial charge in [0.25, 0.3) is 0 Å². The molecule has 136 valence electrons. The van der Waals surface area contributed by atoms with Gasteiger partial charge in [-0.05, 0) is 78.0 Å². The van der Waals surface area contributed by atoms with Crippen LogP contribution < -0.4 is 11.3 Å². The number of aromatic hydroxyl groups is 1. The predicted molar refractivity (Wildman–Crippen MR) is 102 cm³/mol. The van der Waals surface area contributed by atoms with E-state index in [4.69, 9.17) is 5.84 Å². The first-order chi connectivity index (χ1) is 11.8. The minimum absolute atomic E-state index is 0.0270. The van der Waals surface area contributed by atoms with Crippen molar-refractivity contribution in [2.75, 3.05) is 0 Å². The van der Waals surface area contributed by atoms with Gasteiger partial charge in [0.15, 0.2) is 0 Å². The first-order valence-electron chi connectivity index (χ1n) is 9.79. The minimum Gasteiger partial charge on any atom is -0.508 e. The van der Waals surface area contributed by atoms with Gasteiger partial charge in [-0.1, -0.05) is 39.8 Å². The molecule has 0 bridgehead atoms. The average Bonchev–Trinajstić information content (AvgIpc) is 2.89. The van der Waals surface area contributed by atoms with Crippen LogP contribution in [0.25, 0.3) is 0 Å². The van der Waals surface area contributed by atoms with Gasteiger partial charge in [-0.15, -0.1) is 0 Å². The molecule has 0 aromatic heterocycles. The maximum absolute atomic E-state index is 10.5. The Balaban J connectivity index is 1.73. The summed E-state index contributed by atoms with van der Waals surface area (Å²) >= 11 is 0. The maximum atomic E-state index is 10.5. The van der Waals surface area contributed by atoms with E-state index < -0.39 is 0 Å². The summed E-state index contributed by atoms with van der Waals surface area (Å²) in [7, 11) is 0. The van der Waals surface area contributed by atoms with Gasteiger partial charge in [-0.25, -0.2) is 0 Å². The third-order valence-corrected chi connectivity index (χ3v) is 7.39. The van der Waals surface area contributed by atoms with Crippen molar-refractivity contribution in [1.82, 2.24) is 5.43 Å². The van der Waals surface area contributed by atoms with Crippen LogP contribution in [0.1, 0.15) is 76.0 Å². The fourth-order valence-corrected chi connectivity index (χ4v) is 6.00. The molecule has 0 aliphatic heterocycles. The normalized spacial score (nSPS) is 34.0. The van der Waals surface area contributed by atoms with Crippen LogP contribution in [0.4, 0.5) is 0 Å². The van der Waals surface area contributed by atoms with Gasteiger partial charge in [-0.3, -0.25) is 5.84 Å². The quantitative estimate of drug-likeness (QED) is 0.521. The van der Waals surface area contributed by atoms with E-state index in [2.05, 4.69) is 51.3 Å². The van der Waals surface area contributed by atoms with Crippen LogP contribution in [-0.2, 0) is 11.8 Å². The summed E-state index contributed by atoms with van der Waals surface area (Å²) in [6, 6.07) is 4.38. The molecular formula is C22H32N2O. The van der Waals surface area contributed by atoms with Crippen molar-refractivity contribution in [2.45, 2.75) is 71.1 Å². The molecule has 4 N–H and O–H groups in total. The van der Waals surface area contributed by atoms with Gasteiger partial charge in [0.2, 0.25) is 0 Å². The van der Waals surface area contributed by atoms with Crippen molar-refractivity contribution in [3.63, 3.8) is 0 Å². The molecule has 0 heterocycles. The van der Waals surface area contributed by atoms with Crippen molar-refractivity contribution in [3.05, 3.63) is 40.6 Å². The lowest BCUT2D eigenvalue weighted by Crippen LogP contribution is -2.44. The number of benzene rings is 1. The van der Waals surface area contributed by atoms with Crippen LogP contribution in [0, 0.1) is 17.3 Å². The highest BCUT2D eigenvalue weighted by atomic mass is 16.3. The lowest BCUT2D eigenvalue weighted by Gasteiger charge is -2.50. The van der Waals surface area contributed by atoms with Gasteiger partial charge < -0.3 is 10.5 Å². The molecule has 1 saturated carbocycles. The molecule has 1 aromatic rings. The molecular weight excluding hydrogens is 308 g/mol. The molecule has 3 nitrogen and oxygen atoms in total. The molecule has 1 aromatic carbocycles. The highest BCUT2D eigenvalue weighted by molar-refractivity contribution is 5.48. The fourth-order valence-electron chi connectivity index (χ4n) is 6.00. The highest BCUT2D eigenvalue weighted by Gasteiger charge is 2.51. The van der Waals surface area contributed by atoms with E-state index in [-0.39, 0.29) is 10.8 Å². The van der Waals surface area contributed by atoms with Crippen LogP contribution in [0.2, 0.25) is 0 Å². The van der Waals surface area contributed by atoms with Crippen LogP contribution >= 0.6 is 0 Å². The lowest BCUT2D eigenvalue weighted by atomic mass is 9.55. The number of hydrogen-bond acceptors (Lipinski definition) is 3. The zero-order valence-corrected chi connectivity index (χ0v) is 16.0. The van der Waals surface area contributed by atoms with Gasteiger partial charge in [0, 0.05) is 11.1 Å². The summed E-state index contributed by atoms with van der Waals surface area (Å²) in [5.41, 5.74) is 8.40. The van der Waals surface area contributed by atoms with E-state index in [9.17, 15) is 5.11 Å². The SMILES string of the molecule is CC(C)(C)c1cc2c(cc1O)CC[C@@H]1[C@@H]2CC[C@]2(C)C(NN)=CC[C@@H]12. The van der Waals surface area contributed by atoms with Crippen LogP contribution in [0.5, 0.6) is 5.75 Å². The maximum Gasteiger partial charge on any atom is 0.119 e. The number of aryl methyl sites for hydroxylation is 1. The fraction of sp³-hybridized carbons (Fsp3) is 0.636. The molecule has 3 heteroatoms. The number of allylic oxidation sites excluding steroid dienone is 2. The molecule has 1 fully saturated rings. The number of rotatable bonds is 1. The van der Waals surface area contributed by atoms with Crippen LogP contribution in [0.15, 0.2) is 23.9 Å². The standard InChI is InChI=1S/C22H32N2O/c1-21(2,3)18-12-16-13(11-19(18)25)5-6-15-14(16)9-10-22(4)17(15)7-8-20(22)24-23/h8,11-12,14-15,17,24-25H,5-7,9-10,23H2,1-4H3/t14-,15+,17-,22-/m0/s1. The number of hydrazine groups is 1. The molecule has 0 radical (unpaired) electrons. The van der Waals surface area contributed by atoms with E-state index >= 15 is 0 Å². The Morgan fingerprint density at radius 3 is 2.68 bits per heavy atom. The summed E-state index contributed by atoms with van der Waals surface area (Å²) in [5, 5.41) is 10.5. The molecule has 0 unspecified atom stereocenters. The molecule has 0 amide bonds. The Hall–Kier alpha value is -1.48. The Labute approximate surface area is 151 Å². The predicted octanol–water partition coefficient (Wildman–Crippen LogP) is 4.50. The summed E-state index contributed by atoms with van der Waals surface area (Å²) in [5.74, 6) is 8.34. The van der Waals surface area contributed by atoms with Gasteiger partial charge in [0.1, 0.15) is 5.75 Å². The minimum atomic E-state index is -0.0270. The first kappa shape index (κ1) is 17.0. The summed E-state index contributed by atoms with van der Waals surface area (Å²) in [6.07, 6.45) is 8.22. The number of nitrogens with two attached hydrogens (primary N) is 1. The van der Waals surface area contributed by atoms with Crippen molar-refractivity contribution in [2.24, 2.45) is 23.1 Å². The second kappa shape index (κ2) is 5.51. The van der Waals surface area contributed by atoms with E-state index in [0.29, 0.717) is 17.6 Å². The largest absolute Gasteiger partial charge is 0.508 e. The molecule has 3 aliphatic rings. The molecule has 0 saturated heterocycles. The monoisotopic (exact) mass is 340 g/mol. The molecule has 4 rings (SSSR count). The first-order valence-corrected chi connectivity index (χ1v) is 9.79. The van der Waals surface area contributed by atoms with E-state index in [1.54, 1.807) is 0 Å². The van der Waals surface area contributed by atoms with E-state index in [1.165, 1.54) is 36.1 Å². The summed E-state index contributed by atoms with van der Waals surface area (Å²) in [6.45, 7) is 8.96. The topological polar surface area (TPSA) is 58.3 Å². The number of nitrogens with one attached hydrogen (secondary N) is 1. The molecule has 25 heavy (non-hydrogen) atoms. The number of phenols is 1. The van der Waals surface area contributed by atoms with Crippen molar-refractivity contribution in [3.8, 4) is 5.75 Å². The van der Waals surface area contributed by atoms with Crippen LogP contribution in [-0.4, -0.2) is 5.11 Å². The van der Waals surface area contributed by atoms with E-state index in [0.717, 1.165) is 24.3 Å². The lowest BCUT2D eigenvalue weighted by molar-refractivity contribution is 0.0709. The number of hydrogen-bond donors (Lipinski definition) is 3. The van der Waals surface area contributed by atoms with Gasteiger partial charge >= 0.3 is 0 Å². The number of phenolic OH excluding ortho intramolecular Hbond substituents is 1.